The van der Waals surface area contributed by atoms with Crippen molar-refractivity contribution >= 4 is 0 Å². The van der Waals surface area contributed by atoms with E-state index in [4.69, 9.17) is 5.73 Å². The first kappa shape index (κ1) is 12.4. The fourth-order valence-electron chi connectivity index (χ4n) is 1.68. The molecule has 0 aliphatic carbocycles. The van der Waals surface area contributed by atoms with Crippen LogP contribution in [-0.4, -0.2) is 16.3 Å². The van der Waals surface area contributed by atoms with Crippen molar-refractivity contribution in [3.05, 3.63) is 48.3 Å². The van der Waals surface area contributed by atoms with Crippen LogP contribution in [0.2, 0.25) is 0 Å². The Morgan fingerprint density at radius 1 is 1.11 bits per heavy atom. The van der Waals surface area contributed by atoms with Crippen LogP contribution in [0.25, 0.3) is 5.69 Å². The Morgan fingerprint density at radius 2 is 1.94 bits per heavy atom. The number of benzene rings is 1. The van der Waals surface area contributed by atoms with Gasteiger partial charge >= 0.3 is 0 Å². The molecule has 0 radical (unpaired) electrons. The van der Waals surface area contributed by atoms with Crippen molar-refractivity contribution in [2.75, 3.05) is 6.54 Å². The number of para-hydroxylation sites is 1. The molecule has 2 aromatic rings. The molecule has 0 bridgehead atoms. The molecule has 0 aliphatic rings. The highest BCUT2D eigenvalue weighted by Gasteiger charge is 2.00. The van der Waals surface area contributed by atoms with Crippen LogP contribution in [0, 0.1) is 11.8 Å². The third kappa shape index (κ3) is 3.22. The largest absolute Gasteiger partial charge is 0.330 e. The van der Waals surface area contributed by atoms with Gasteiger partial charge in [0.2, 0.25) is 0 Å². The third-order valence-corrected chi connectivity index (χ3v) is 2.62. The number of unbranched alkanes of at least 4 members (excludes halogenated alkanes) is 2. The summed E-state index contributed by atoms with van der Waals surface area (Å²) in [6.07, 6.45) is 4.75. The smallest absolute Gasteiger partial charge is 0.116 e. The topological polar surface area (TPSA) is 43.8 Å². The standard InChI is InChI=1S/C15H17N3/c16-12-7-2-1-4-10-15-11-13-17-18(15)14-8-5-3-6-9-14/h3,5-6,8-9,11,13H,1-2,7,12,16H2. The van der Waals surface area contributed by atoms with Gasteiger partial charge in [0.05, 0.1) is 11.9 Å². The van der Waals surface area contributed by atoms with Gasteiger partial charge in [0.15, 0.2) is 0 Å². The summed E-state index contributed by atoms with van der Waals surface area (Å²) in [7, 11) is 0. The summed E-state index contributed by atoms with van der Waals surface area (Å²) in [5, 5.41) is 4.30. The van der Waals surface area contributed by atoms with Crippen LogP contribution in [0.4, 0.5) is 0 Å². The molecule has 3 nitrogen and oxygen atoms in total. The van der Waals surface area contributed by atoms with Crippen LogP contribution in [0.1, 0.15) is 25.0 Å². The fourth-order valence-corrected chi connectivity index (χ4v) is 1.68. The molecule has 0 atom stereocenters. The summed E-state index contributed by atoms with van der Waals surface area (Å²) in [6.45, 7) is 0.740. The van der Waals surface area contributed by atoms with Gasteiger partial charge < -0.3 is 5.73 Å². The minimum atomic E-state index is 0.740. The number of hydrogen-bond acceptors (Lipinski definition) is 2. The van der Waals surface area contributed by atoms with E-state index in [1.54, 1.807) is 6.20 Å². The molecule has 18 heavy (non-hydrogen) atoms. The fraction of sp³-hybridized carbons (Fsp3) is 0.267. The zero-order chi connectivity index (χ0) is 12.6. The summed E-state index contributed by atoms with van der Waals surface area (Å²) < 4.78 is 1.86. The lowest BCUT2D eigenvalue weighted by Crippen LogP contribution is -1.98. The van der Waals surface area contributed by atoms with E-state index in [1.165, 1.54) is 0 Å². The number of aromatic nitrogens is 2. The minimum Gasteiger partial charge on any atom is -0.330 e. The maximum Gasteiger partial charge on any atom is 0.116 e. The second kappa shape index (κ2) is 6.63. The summed E-state index contributed by atoms with van der Waals surface area (Å²) in [5.41, 5.74) is 7.40. The van der Waals surface area contributed by atoms with Crippen LogP contribution in [-0.2, 0) is 0 Å². The molecule has 2 rings (SSSR count). The van der Waals surface area contributed by atoms with E-state index in [9.17, 15) is 0 Å². The Labute approximate surface area is 108 Å². The van der Waals surface area contributed by atoms with Gasteiger partial charge in [-0.1, -0.05) is 24.1 Å². The third-order valence-electron chi connectivity index (χ3n) is 2.62. The molecule has 1 aromatic carbocycles. The lowest BCUT2D eigenvalue weighted by molar-refractivity contribution is 0.767. The van der Waals surface area contributed by atoms with E-state index in [1.807, 2.05) is 41.1 Å². The number of nitrogens with two attached hydrogens (primary N) is 1. The molecule has 0 saturated carbocycles. The van der Waals surface area contributed by atoms with Gasteiger partial charge in [-0.3, -0.25) is 0 Å². The van der Waals surface area contributed by atoms with Gasteiger partial charge in [-0.15, -0.1) is 0 Å². The molecule has 1 heterocycles. The Kier molecular flexibility index (Phi) is 4.57. The second-order valence-electron chi connectivity index (χ2n) is 4.01. The molecule has 0 fully saturated rings. The number of hydrogen-bond donors (Lipinski definition) is 1. The maximum absolute atomic E-state index is 5.44. The molecular weight excluding hydrogens is 222 g/mol. The first-order valence-corrected chi connectivity index (χ1v) is 6.20. The lowest BCUT2D eigenvalue weighted by atomic mass is 10.2. The highest BCUT2D eigenvalue weighted by molar-refractivity contribution is 5.38. The molecule has 2 N–H and O–H groups in total. The quantitative estimate of drug-likeness (QED) is 0.657. The minimum absolute atomic E-state index is 0.740. The summed E-state index contributed by atoms with van der Waals surface area (Å²) in [6, 6.07) is 12.0. The summed E-state index contributed by atoms with van der Waals surface area (Å²) in [4.78, 5) is 0. The Balaban J connectivity index is 2.09. The normalized spacial score (nSPS) is 9.83. The van der Waals surface area contributed by atoms with Crippen LogP contribution < -0.4 is 5.73 Å². The van der Waals surface area contributed by atoms with Crippen LogP contribution in [0.3, 0.4) is 0 Å². The summed E-state index contributed by atoms with van der Waals surface area (Å²) in [5.74, 6) is 6.33. The van der Waals surface area contributed by atoms with E-state index in [0.29, 0.717) is 0 Å². The first-order valence-electron chi connectivity index (χ1n) is 6.20. The zero-order valence-electron chi connectivity index (χ0n) is 10.3. The van der Waals surface area contributed by atoms with Crippen molar-refractivity contribution < 1.29 is 0 Å². The average Bonchev–Trinajstić information content (AvgIpc) is 2.88. The number of nitrogens with zero attached hydrogens (tertiary/aromatic N) is 2. The van der Waals surface area contributed by atoms with Gasteiger partial charge in [0.1, 0.15) is 5.69 Å². The molecule has 0 saturated heterocycles. The van der Waals surface area contributed by atoms with E-state index < -0.39 is 0 Å². The molecule has 0 spiro atoms. The van der Waals surface area contributed by atoms with Crippen molar-refractivity contribution in [2.24, 2.45) is 5.73 Å². The first-order chi connectivity index (χ1) is 8.92. The molecule has 0 aliphatic heterocycles. The van der Waals surface area contributed by atoms with E-state index >= 15 is 0 Å². The zero-order valence-corrected chi connectivity index (χ0v) is 10.3. The van der Waals surface area contributed by atoms with Crippen molar-refractivity contribution in [2.45, 2.75) is 19.3 Å². The second-order valence-corrected chi connectivity index (χ2v) is 4.01. The number of rotatable bonds is 4. The monoisotopic (exact) mass is 239 g/mol. The van der Waals surface area contributed by atoms with E-state index in [2.05, 4.69) is 16.9 Å². The Morgan fingerprint density at radius 3 is 2.72 bits per heavy atom. The van der Waals surface area contributed by atoms with Gasteiger partial charge in [0.25, 0.3) is 0 Å². The van der Waals surface area contributed by atoms with Gasteiger partial charge in [-0.05, 0) is 43.5 Å². The van der Waals surface area contributed by atoms with Gasteiger partial charge in [-0.25, -0.2) is 4.68 Å². The predicted octanol–water partition coefficient (Wildman–Crippen LogP) is 2.35. The van der Waals surface area contributed by atoms with Gasteiger partial charge in [0, 0.05) is 6.42 Å². The Bertz CT molecular complexity index is 532. The SMILES string of the molecule is NCCCCC#Cc1ccnn1-c1ccccc1. The summed E-state index contributed by atoms with van der Waals surface area (Å²) >= 11 is 0. The molecule has 0 amide bonds. The van der Waals surface area contributed by atoms with E-state index in [-0.39, 0.29) is 0 Å². The highest BCUT2D eigenvalue weighted by atomic mass is 15.3. The van der Waals surface area contributed by atoms with Crippen LogP contribution >= 0.6 is 0 Å². The van der Waals surface area contributed by atoms with E-state index in [0.717, 1.165) is 37.2 Å². The van der Waals surface area contributed by atoms with Gasteiger partial charge in [-0.2, -0.15) is 5.10 Å². The molecule has 92 valence electrons. The lowest BCUT2D eigenvalue weighted by Gasteiger charge is -2.01. The molecule has 3 heteroatoms. The van der Waals surface area contributed by atoms with Crippen LogP contribution in [0.15, 0.2) is 42.6 Å². The molecular formula is C15H17N3. The van der Waals surface area contributed by atoms with Crippen molar-refractivity contribution in [3.63, 3.8) is 0 Å². The van der Waals surface area contributed by atoms with Crippen molar-refractivity contribution in [1.82, 2.24) is 9.78 Å². The van der Waals surface area contributed by atoms with Crippen molar-refractivity contribution in [1.29, 1.82) is 0 Å². The van der Waals surface area contributed by atoms with Crippen molar-refractivity contribution in [3.8, 4) is 17.5 Å². The maximum atomic E-state index is 5.44. The molecule has 0 unspecified atom stereocenters. The highest BCUT2D eigenvalue weighted by Crippen LogP contribution is 2.08. The molecule has 1 aromatic heterocycles. The Hall–Kier alpha value is -2.05. The average molecular weight is 239 g/mol. The predicted molar refractivity (Wildman–Crippen MR) is 73.3 cm³/mol. The van der Waals surface area contributed by atoms with Crippen LogP contribution in [0.5, 0.6) is 0 Å².